The predicted octanol–water partition coefficient (Wildman–Crippen LogP) is 5.70. The highest BCUT2D eigenvalue weighted by atomic mass is 31.2. The van der Waals surface area contributed by atoms with Crippen LogP contribution in [0.25, 0.3) is 0 Å². The van der Waals surface area contributed by atoms with Gasteiger partial charge in [-0.1, -0.05) is 91.0 Å². The third-order valence-electron chi connectivity index (χ3n) is 7.02. The SMILES string of the molecule is COc1ccc([P@@]2(=O)O[C@H](COCc3ccccc3)[C@@H](OCc3ccccc3)[C@H](OCc3ccccc3)[C@H]2O)cc1. The predicted molar refractivity (Wildman–Crippen MR) is 157 cm³/mol. The van der Waals surface area contributed by atoms with Crippen LogP contribution in [0.3, 0.4) is 0 Å². The fourth-order valence-corrected chi connectivity index (χ4v) is 7.15. The van der Waals surface area contributed by atoms with E-state index < -0.39 is 31.5 Å². The molecule has 0 unspecified atom stereocenters. The lowest BCUT2D eigenvalue weighted by Gasteiger charge is -2.44. The standard InChI is InChI=1S/C33H35O7P/c1-36-28-17-19-29(20-18-28)41(35)33(34)32(39-23-27-15-9-4-10-16-27)31(38-22-26-13-7-3-8-14-26)30(40-41)24-37-21-25-11-5-2-6-12-25/h2-20,30-34H,21-24H2,1H3/t30-,31-,32+,33+,41-/m1/s1. The maximum absolute atomic E-state index is 14.5. The molecule has 0 aromatic heterocycles. The summed E-state index contributed by atoms with van der Waals surface area (Å²) >= 11 is 0. The van der Waals surface area contributed by atoms with Crippen molar-refractivity contribution in [1.82, 2.24) is 0 Å². The zero-order valence-corrected chi connectivity index (χ0v) is 23.8. The van der Waals surface area contributed by atoms with Crippen molar-refractivity contribution in [2.75, 3.05) is 13.7 Å². The molecule has 7 nitrogen and oxygen atoms in total. The van der Waals surface area contributed by atoms with Crippen LogP contribution < -0.4 is 10.0 Å². The molecule has 4 aromatic carbocycles. The molecule has 0 radical (unpaired) electrons. The average molecular weight is 575 g/mol. The first-order valence-electron chi connectivity index (χ1n) is 13.6. The highest BCUT2D eigenvalue weighted by Gasteiger charge is 2.54. The van der Waals surface area contributed by atoms with Crippen LogP contribution in [0, 0.1) is 0 Å². The second-order valence-corrected chi connectivity index (χ2v) is 12.3. The molecule has 5 atom stereocenters. The Labute approximate surface area is 241 Å². The van der Waals surface area contributed by atoms with Crippen LogP contribution in [0.1, 0.15) is 16.7 Å². The third kappa shape index (κ3) is 7.32. The molecule has 1 N–H and O–H groups in total. The third-order valence-corrected chi connectivity index (χ3v) is 9.61. The lowest BCUT2D eigenvalue weighted by Crippen LogP contribution is -2.55. The van der Waals surface area contributed by atoms with Crippen molar-refractivity contribution < 1.29 is 33.1 Å². The molecule has 4 aromatic rings. The van der Waals surface area contributed by atoms with Crippen molar-refractivity contribution in [1.29, 1.82) is 0 Å². The smallest absolute Gasteiger partial charge is 0.262 e. The van der Waals surface area contributed by atoms with Gasteiger partial charge in [0.1, 0.15) is 24.1 Å². The van der Waals surface area contributed by atoms with Crippen molar-refractivity contribution >= 4 is 12.7 Å². The number of ether oxygens (including phenoxy) is 4. The molecule has 41 heavy (non-hydrogen) atoms. The molecule has 0 saturated carbocycles. The summed E-state index contributed by atoms with van der Waals surface area (Å²) in [5.41, 5.74) is 2.88. The maximum atomic E-state index is 14.5. The Morgan fingerprint density at radius 3 is 1.68 bits per heavy atom. The Morgan fingerprint density at radius 1 is 0.683 bits per heavy atom. The summed E-state index contributed by atoms with van der Waals surface area (Å²) in [6, 6.07) is 35.9. The van der Waals surface area contributed by atoms with E-state index in [9.17, 15) is 9.67 Å². The lowest BCUT2D eigenvalue weighted by atomic mass is 10.1. The van der Waals surface area contributed by atoms with Crippen LogP contribution in [0.4, 0.5) is 0 Å². The second-order valence-electron chi connectivity index (χ2n) is 9.88. The fraction of sp³-hybridized carbons (Fsp3) is 0.273. The highest BCUT2D eigenvalue weighted by molar-refractivity contribution is 7.67. The Morgan fingerprint density at radius 2 is 1.17 bits per heavy atom. The first-order valence-corrected chi connectivity index (χ1v) is 15.3. The molecule has 5 rings (SSSR count). The van der Waals surface area contributed by atoms with E-state index in [-0.39, 0.29) is 19.8 Å². The quantitative estimate of drug-likeness (QED) is 0.217. The molecule has 1 heterocycles. The number of aliphatic hydroxyl groups excluding tert-OH is 1. The van der Waals surface area contributed by atoms with E-state index in [0.29, 0.717) is 17.7 Å². The van der Waals surface area contributed by atoms with Crippen LogP contribution in [-0.2, 0) is 43.1 Å². The lowest BCUT2D eigenvalue weighted by molar-refractivity contribution is -0.174. The minimum absolute atomic E-state index is 0.0897. The second kappa shape index (κ2) is 14.1. The number of hydrogen-bond donors (Lipinski definition) is 1. The zero-order valence-electron chi connectivity index (χ0n) is 23.0. The summed E-state index contributed by atoms with van der Waals surface area (Å²) in [6.07, 6.45) is -2.49. The summed E-state index contributed by atoms with van der Waals surface area (Å²) in [4.78, 5) is 0. The van der Waals surface area contributed by atoms with Crippen molar-refractivity contribution in [3.63, 3.8) is 0 Å². The van der Waals surface area contributed by atoms with Crippen LogP contribution in [0.5, 0.6) is 5.75 Å². The first-order chi connectivity index (χ1) is 20.1. The molecule has 8 heteroatoms. The largest absolute Gasteiger partial charge is 0.497 e. The van der Waals surface area contributed by atoms with Gasteiger partial charge in [-0.2, -0.15) is 0 Å². The van der Waals surface area contributed by atoms with Gasteiger partial charge in [-0.3, -0.25) is 4.57 Å². The minimum Gasteiger partial charge on any atom is -0.497 e. The number of benzene rings is 4. The molecule has 0 amide bonds. The Bertz CT molecular complexity index is 1380. The molecule has 0 bridgehead atoms. The van der Waals surface area contributed by atoms with E-state index in [4.69, 9.17) is 23.5 Å². The van der Waals surface area contributed by atoms with E-state index >= 15 is 0 Å². The van der Waals surface area contributed by atoms with Gasteiger partial charge in [0.15, 0.2) is 5.85 Å². The van der Waals surface area contributed by atoms with Gasteiger partial charge < -0.3 is 28.6 Å². The van der Waals surface area contributed by atoms with E-state index in [1.165, 1.54) is 0 Å². The molecular weight excluding hydrogens is 539 g/mol. The molecule has 0 aliphatic carbocycles. The van der Waals surface area contributed by atoms with Crippen molar-refractivity contribution in [2.24, 2.45) is 0 Å². The zero-order chi connectivity index (χ0) is 28.5. The summed E-state index contributed by atoms with van der Waals surface area (Å²) in [5, 5.41) is 12.0. The summed E-state index contributed by atoms with van der Waals surface area (Å²) < 4.78 is 44.9. The molecule has 1 saturated heterocycles. The van der Waals surface area contributed by atoms with Gasteiger partial charge in [-0.05, 0) is 41.0 Å². The number of hydrogen-bond acceptors (Lipinski definition) is 7. The highest BCUT2D eigenvalue weighted by Crippen LogP contribution is 2.57. The topological polar surface area (TPSA) is 83.5 Å². The van der Waals surface area contributed by atoms with Gasteiger partial charge in [0, 0.05) is 5.30 Å². The number of aliphatic hydroxyl groups is 1. The van der Waals surface area contributed by atoms with E-state index in [1.807, 2.05) is 91.0 Å². The molecular formula is C33H35O7P. The molecule has 1 fully saturated rings. The van der Waals surface area contributed by atoms with Gasteiger partial charge >= 0.3 is 0 Å². The van der Waals surface area contributed by atoms with Crippen LogP contribution >= 0.6 is 7.37 Å². The van der Waals surface area contributed by atoms with Crippen LogP contribution in [-0.4, -0.2) is 43.0 Å². The van der Waals surface area contributed by atoms with Crippen LogP contribution in [0.15, 0.2) is 115 Å². The van der Waals surface area contributed by atoms with E-state index in [1.54, 1.807) is 31.4 Å². The molecule has 0 spiro atoms. The van der Waals surface area contributed by atoms with E-state index in [2.05, 4.69) is 0 Å². The summed E-state index contributed by atoms with van der Waals surface area (Å²) in [7, 11) is -2.29. The van der Waals surface area contributed by atoms with Gasteiger partial charge in [0.25, 0.3) is 7.37 Å². The fourth-order valence-electron chi connectivity index (χ4n) is 4.81. The Kier molecular flexibility index (Phi) is 10.0. The van der Waals surface area contributed by atoms with Crippen molar-refractivity contribution in [3.8, 4) is 5.75 Å². The first kappa shape index (κ1) is 29.2. The monoisotopic (exact) mass is 574 g/mol. The minimum atomic E-state index is -3.85. The maximum Gasteiger partial charge on any atom is 0.262 e. The summed E-state index contributed by atoms with van der Waals surface area (Å²) in [5.74, 6) is -0.860. The molecule has 1 aliphatic heterocycles. The van der Waals surface area contributed by atoms with Gasteiger partial charge in [-0.25, -0.2) is 0 Å². The van der Waals surface area contributed by atoms with E-state index in [0.717, 1.165) is 16.7 Å². The molecule has 214 valence electrons. The van der Waals surface area contributed by atoms with Crippen molar-refractivity contribution in [3.05, 3.63) is 132 Å². The van der Waals surface area contributed by atoms with Gasteiger partial charge in [-0.15, -0.1) is 0 Å². The number of rotatable bonds is 12. The number of methoxy groups -OCH3 is 1. The van der Waals surface area contributed by atoms with Crippen LogP contribution in [0.2, 0.25) is 0 Å². The summed E-state index contributed by atoms with van der Waals surface area (Å²) in [6.45, 7) is 0.895. The van der Waals surface area contributed by atoms with Gasteiger partial charge in [0.05, 0.1) is 33.5 Å². The Balaban J connectivity index is 1.45. The molecule has 1 aliphatic rings. The van der Waals surface area contributed by atoms with Crippen molar-refractivity contribution in [2.45, 2.75) is 44.0 Å². The average Bonchev–Trinajstić information content (AvgIpc) is 3.03. The Hall–Kier alpha value is -3.29. The normalized spacial score (nSPS) is 24.1. The van der Waals surface area contributed by atoms with Gasteiger partial charge in [0.2, 0.25) is 0 Å².